The van der Waals surface area contributed by atoms with Gasteiger partial charge in [0, 0.05) is 21.2 Å². The molecule has 7 aromatic carbocycles. The minimum atomic E-state index is 0.735. The normalized spacial score (nSPS) is 11.6. The van der Waals surface area contributed by atoms with Gasteiger partial charge in [0.15, 0.2) is 5.82 Å². The first-order valence-electron chi connectivity index (χ1n) is 15.2. The summed E-state index contributed by atoms with van der Waals surface area (Å²) in [6.45, 7) is 0. The number of hydrogen-bond acceptors (Lipinski definition) is 3. The van der Waals surface area contributed by atoms with Crippen molar-refractivity contribution in [2.45, 2.75) is 0 Å². The van der Waals surface area contributed by atoms with E-state index in [9.17, 15) is 0 Å². The topological polar surface area (TPSA) is 25.8 Å². The lowest BCUT2D eigenvalue weighted by molar-refractivity contribution is 1.24. The summed E-state index contributed by atoms with van der Waals surface area (Å²) in [5, 5.41) is 6.04. The van der Waals surface area contributed by atoms with E-state index in [1.165, 1.54) is 48.3 Å². The van der Waals surface area contributed by atoms with Gasteiger partial charge in [-0.05, 0) is 62.0 Å². The van der Waals surface area contributed by atoms with E-state index in [-0.39, 0.29) is 0 Å². The zero-order valence-corrected chi connectivity index (χ0v) is 25.1. The molecule has 0 N–H and O–H groups in total. The maximum Gasteiger partial charge on any atom is 0.160 e. The fourth-order valence-corrected chi connectivity index (χ4v) is 7.66. The third kappa shape index (κ3) is 4.40. The minimum absolute atomic E-state index is 0.735. The number of hydrogen-bond donors (Lipinski definition) is 0. The van der Waals surface area contributed by atoms with Crippen LogP contribution in [0.3, 0.4) is 0 Å². The van der Waals surface area contributed by atoms with Crippen molar-refractivity contribution in [1.29, 1.82) is 0 Å². The van der Waals surface area contributed by atoms with E-state index in [1.54, 1.807) is 11.3 Å². The summed E-state index contributed by atoms with van der Waals surface area (Å²) in [6.07, 6.45) is 0. The molecule has 2 nitrogen and oxygen atoms in total. The second kappa shape index (κ2) is 10.5. The van der Waals surface area contributed by atoms with Crippen LogP contribution in [0.5, 0.6) is 0 Å². The van der Waals surface area contributed by atoms with E-state index in [0.717, 1.165) is 38.4 Å². The van der Waals surface area contributed by atoms with Gasteiger partial charge in [-0.1, -0.05) is 140 Å². The van der Waals surface area contributed by atoms with E-state index in [1.807, 2.05) is 0 Å². The summed E-state index contributed by atoms with van der Waals surface area (Å²) in [7, 11) is 0. The molecule has 0 amide bonds. The molecule has 2 aromatic heterocycles. The van der Waals surface area contributed by atoms with Crippen LogP contribution in [0.2, 0.25) is 0 Å². The molecule has 0 spiro atoms. The first-order valence-corrected chi connectivity index (χ1v) is 16.0. The lowest BCUT2D eigenvalue weighted by Gasteiger charge is -2.11. The summed E-state index contributed by atoms with van der Waals surface area (Å²) in [5.74, 6) is 0.735. The number of rotatable bonds is 4. The Kier molecular flexibility index (Phi) is 6.03. The Morgan fingerprint density at radius 1 is 0.422 bits per heavy atom. The lowest BCUT2D eigenvalue weighted by atomic mass is 9.97. The van der Waals surface area contributed by atoms with Crippen molar-refractivity contribution in [2.75, 3.05) is 0 Å². The first kappa shape index (κ1) is 25.8. The number of nitrogens with zero attached hydrogens (tertiary/aromatic N) is 2. The van der Waals surface area contributed by atoms with Gasteiger partial charge in [-0.3, -0.25) is 0 Å². The minimum Gasteiger partial charge on any atom is -0.226 e. The molecule has 0 aliphatic carbocycles. The van der Waals surface area contributed by atoms with Gasteiger partial charge >= 0.3 is 0 Å². The Balaban J connectivity index is 1.29. The number of fused-ring (bicyclic) bond motifs is 6. The highest BCUT2D eigenvalue weighted by Crippen LogP contribution is 2.43. The second-order valence-corrected chi connectivity index (χ2v) is 12.4. The number of benzene rings is 7. The predicted molar refractivity (Wildman–Crippen MR) is 192 cm³/mol. The molecule has 0 aliphatic rings. The molecule has 0 aliphatic heterocycles. The predicted octanol–water partition coefficient (Wildman–Crippen LogP) is 11.8. The SMILES string of the molecule is c1ccc(-c2cccc(-c3cccc(-c4nc(-c5cccc6ccccc56)c5sc6ccc7ccccc7c6c5n4)c3)c2)cc1. The highest BCUT2D eigenvalue weighted by molar-refractivity contribution is 7.26. The van der Waals surface area contributed by atoms with Crippen LogP contribution in [0.1, 0.15) is 0 Å². The van der Waals surface area contributed by atoms with Crippen LogP contribution in [0.25, 0.3) is 86.7 Å². The highest BCUT2D eigenvalue weighted by Gasteiger charge is 2.19. The Hall–Kier alpha value is -5.64. The molecule has 9 aromatic rings. The van der Waals surface area contributed by atoms with Gasteiger partial charge in [0.05, 0.1) is 15.9 Å². The van der Waals surface area contributed by atoms with Gasteiger partial charge < -0.3 is 0 Å². The largest absolute Gasteiger partial charge is 0.226 e. The Labute approximate surface area is 264 Å². The summed E-state index contributed by atoms with van der Waals surface area (Å²) in [5.41, 5.74) is 8.84. The summed E-state index contributed by atoms with van der Waals surface area (Å²) >= 11 is 1.78. The van der Waals surface area contributed by atoms with Crippen molar-refractivity contribution in [3.8, 4) is 44.9 Å². The average molecular weight is 591 g/mol. The molecular formula is C42H26N2S. The molecular weight excluding hydrogens is 565 g/mol. The highest BCUT2D eigenvalue weighted by atomic mass is 32.1. The molecule has 2 heterocycles. The van der Waals surface area contributed by atoms with E-state index in [0.29, 0.717) is 0 Å². The number of thiophene rings is 1. The van der Waals surface area contributed by atoms with Gasteiger partial charge in [0.2, 0.25) is 0 Å². The Morgan fingerprint density at radius 2 is 1.00 bits per heavy atom. The van der Waals surface area contributed by atoms with E-state index in [2.05, 4.69) is 158 Å². The molecule has 0 saturated carbocycles. The van der Waals surface area contributed by atoms with E-state index in [4.69, 9.17) is 9.97 Å². The second-order valence-electron chi connectivity index (χ2n) is 11.4. The lowest BCUT2D eigenvalue weighted by Crippen LogP contribution is -1.95. The molecule has 0 bridgehead atoms. The maximum absolute atomic E-state index is 5.37. The van der Waals surface area contributed by atoms with Crippen LogP contribution in [0, 0.1) is 0 Å². The van der Waals surface area contributed by atoms with Gasteiger partial charge in [0.25, 0.3) is 0 Å². The van der Waals surface area contributed by atoms with Crippen molar-refractivity contribution in [2.24, 2.45) is 0 Å². The standard InChI is InChI=1S/C42H26N2S/c1-2-11-27(12-3-1)30-16-8-17-31(25-30)32-18-9-19-33(26-32)42-43-39(36-22-10-15-28-13-4-6-20-34(28)36)41-40(44-42)38-35-21-7-5-14-29(35)23-24-37(38)45-41/h1-26H. The van der Waals surface area contributed by atoms with Gasteiger partial charge in [-0.15, -0.1) is 11.3 Å². The number of aromatic nitrogens is 2. The van der Waals surface area contributed by atoms with Gasteiger partial charge in [-0.25, -0.2) is 9.97 Å². The van der Waals surface area contributed by atoms with Crippen LogP contribution < -0.4 is 0 Å². The first-order chi connectivity index (χ1) is 22.3. The molecule has 3 heteroatoms. The molecule has 0 saturated heterocycles. The van der Waals surface area contributed by atoms with Crippen molar-refractivity contribution >= 4 is 53.2 Å². The van der Waals surface area contributed by atoms with E-state index < -0.39 is 0 Å². The van der Waals surface area contributed by atoms with Crippen LogP contribution in [-0.2, 0) is 0 Å². The molecule has 0 unspecified atom stereocenters. The Morgan fingerprint density at radius 3 is 1.80 bits per heavy atom. The zero-order chi connectivity index (χ0) is 29.7. The van der Waals surface area contributed by atoms with Crippen LogP contribution in [0.15, 0.2) is 158 Å². The average Bonchev–Trinajstić information content (AvgIpc) is 3.51. The van der Waals surface area contributed by atoms with Crippen molar-refractivity contribution in [1.82, 2.24) is 9.97 Å². The van der Waals surface area contributed by atoms with Gasteiger partial charge in [0.1, 0.15) is 0 Å². The summed E-state index contributed by atoms with van der Waals surface area (Å²) < 4.78 is 2.34. The van der Waals surface area contributed by atoms with Crippen molar-refractivity contribution in [3.63, 3.8) is 0 Å². The smallest absolute Gasteiger partial charge is 0.160 e. The maximum atomic E-state index is 5.37. The van der Waals surface area contributed by atoms with Crippen LogP contribution in [-0.4, -0.2) is 9.97 Å². The van der Waals surface area contributed by atoms with Crippen molar-refractivity contribution in [3.05, 3.63) is 158 Å². The molecule has 45 heavy (non-hydrogen) atoms. The fraction of sp³-hybridized carbons (Fsp3) is 0. The van der Waals surface area contributed by atoms with Gasteiger partial charge in [-0.2, -0.15) is 0 Å². The quantitative estimate of drug-likeness (QED) is 0.204. The molecule has 0 radical (unpaired) electrons. The summed E-state index contributed by atoms with van der Waals surface area (Å²) in [4.78, 5) is 10.7. The molecule has 9 rings (SSSR count). The van der Waals surface area contributed by atoms with Crippen LogP contribution >= 0.6 is 11.3 Å². The third-order valence-electron chi connectivity index (χ3n) is 8.67. The fourth-order valence-electron chi connectivity index (χ4n) is 6.50. The van der Waals surface area contributed by atoms with E-state index >= 15 is 0 Å². The molecule has 0 fully saturated rings. The molecule has 0 atom stereocenters. The zero-order valence-electron chi connectivity index (χ0n) is 24.3. The molecule has 210 valence electrons. The van der Waals surface area contributed by atoms with Crippen molar-refractivity contribution < 1.29 is 0 Å². The Bertz CT molecular complexity index is 2540. The van der Waals surface area contributed by atoms with Crippen LogP contribution in [0.4, 0.5) is 0 Å². The summed E-state index contributed by atoms with van der Waals surface area (Å²) in [6, 6.07) is 56.0. The third-order valence-corrected chi connectivity index (χ3v) is 9.82. The monoisotopic (exact) mass is 590 g/mol.